The van der Waals surface area contributed by atoms with Crippen molar-refractivity contribution in [1.29, 1.82) is 0 Å². The number of hydrogen-bond acceptors (Lipinski definition) is 5. The molecule has 6 nitrogen and oxygen atoms in total. The first-order valence-corrected chi connectivity index (χ1v) is 8.55. The minimum absolute atomic E-state index is 0.0811. The fourth-order valence-electron chi connectivity index (χ4n) is 2.85. The Morgan fingerprint density at radius 1 is 1.42 bits per heavy atom. The molecule has 1 aliphatic heterocycles. The summed E-state index contributed by atoms with van der Waals surface area (Å²) in [6, 6.07) is 5.88. The number of amides is 2. The first-order valence-electron chi connectivity index (χ1n) is 7.67. The van der Waals surface area contributed by atoms with Crippen LogP contribution in [0.1, 0.15) is 26.3 Å². The summed E-state index contributed by atoms with van der Waals surface area (Å²) in [7, 11) is 1.79. The molecule has 0 saturated carbocycles. The van der Waals surface area contributed by atoms with Crippen molar-refractivity contribution in [3.63, 3.8) is 0 Å². The summed E-state index contributed by atoms with van der Waals surface area (Å²) >= 11 is 1.33. The highest BCUT2D eigenvalue weighted by molar-refractivity contribution is 7.14. The minimum Gasteiger partial charge on any atom is -0.450 e. The molecule has 0 aliphatic carbocycles. The maximum Gasteiger partial charge on any atom is 0.413 e. The van der Waals surface area contributed by atoms with E-state index in [0.29, 0.717) is 11.7 Å². The third kappa shape index (κ3) is 2.65. The first-order chi connectivity index (χ1) is 11.3. The molecule has 1 aromatic heterocycles. The Kier molecular flexibility index (Phi) is 4.04. The standard InChI is InChI=1S/C17H19N3O3S/c1-5-23-16(22)19-15-18-12(9-24-15)10-6-7-13-11(8-10)17(2,3)14(21)20(13)4/h6-9H,5H2,1-4H3,(H,18,19,22). The van der Waals surface area contributed by atoms with Crippen molar-refractivity contribution >= 4 is 34.2 Å². The van der Waals surface area contributed by atoms with Gasteiger partial charge in [0.2, 0.25) is 5.91 Å². The van der Waals surface area contributed by atoms with Gasteiger partial charge in [0, 0.05) is 23.7 Å². The van der Waals surface area contributed by atoms with Gasteiger partial charge >= 0.3 is 6.09 Å². The lowest BCUT2D eigenvalue weighted by Gasteiger charge is -2.16. The Balaban J connectivity index is 1.90. The number of nitrogens with zero attached hydrogens (tertiary/aromatic N) is 2. The molecule has 126 valence electrons. The van der Waals surface area contributed by atoms with E-state index in [1.807, 2.05) is 37.4 Å². The van der Waals surface area contributed by atoms with Gasteiger partial charge in [-0.25, -0.2) is 9.78 Å². The number of ether oxygens (including phenoxy) is 1. The van der Waals surface area contributed by atoms with E-state index < -0.39 is 11.5 Å². The van der Waals surface area contributed by atoms with Crippen molar-refractivity contribution in [3.05, 3.63) is 29.1 Å². The molecule has 24 heavy (non-hydrogen) atoms. The summed E-state index contributed by atoms with van der Waals surface area (Å²) in [6.45, 7) is 5.91. The summed E-state index contributed by atoms with van der Waals surface area (Å²) in [6.07, 6.45) is -0.513. The molecule has 0 bridgehead atoms. The van der Waals surface area contributed by atoms with Gasteiger partial charge in [-0.15, -0.1) is 11.3 Å². The molecule has 2 amide bonds. The van der Waals surface area contributed by atoms with Crippen LogP contribution in [-0.4, -0.2) is 30.6 Å². The number of thiazole rings is 1. The number of aromatic nitrogens is 1. The van der Waals surface area contributed by atoms with Crippen LogP contribution in [0.2, 0.25) is 0 Å². The number of nitrogens with one attached hydrogen (secondary N) is 1. The summed E-state index contributed by atoms with van der Waals surface area (Å²) in [5, 5.41) is 4.95. The van der Waals surface area contributed by atoms with Gasteiger partial charge in [0.15, 0.2) is 5.13 Å². The quantitative estimate of drug-likeness (QED) is 0.922. The second-order valence-corrected chi connectivity index (χ2v) is 6.96. The zero-order valence-corrected chi connectivity index (χ0v) is 14.9. The Morgan fingerprint density at radius 2 is 2.17 bits per heavy atom. The van der Waals surface area contributed by atoms with E-state index in [9.17, 15) is 9.59 Å². The van der Waals surface area contributed by atoms with Crippen LogP contribution < -0.4 is 10.2 Å². The highest BCUT2D eigenvalue weighted by atomic mass is 32.1. The molecule has 2 heterocycles. The number of rotatable bonds is 3. The molecule has 1 aliphatic rings. The van der Waals surface area contributed by atoms with Crippen molar-refractivity contribution in [2.45, 2.75) is 26.2 Å². The molecule has 0 unspecified atom stereocenters. The van der Waals surface area contributed by atoms with Gasteiger partial charge < -0.3 is 9.64 Å². The summed E-state index contributed by atoms with van der Waals surface area (Å²) in [5.41, 5.74) is 3.03. The summed E-state index contributed by atoms with van der Waals surface area (Å²) in [5.74, 6) is 0.0811. The van der Waals surface area contributed by atoms with E-state index in [-0.39, 0.29) is 5.91 Å². The van der Waals surface area contributed by atoms with Crippen LogP contribution in [0.25, 0.3) is 11.3 Å². The van der Waals surface area contributed by atoms with Gasteiger partial charge in [-0.2, -0.15) is 0 Å². The fourth-order valence-corrected chi connectivity index (χ4v) is 3.56. The van der Waals surface area contributed by atoms with Crippen LogP contribution in [0.4, 0.5) is 15.6 Å². The highest BCUT2D eigenvalue weighted by Crippen LogP contribution is 2.42. The van der Waals surface area contributed by atoms with E-state index in [1.165, 1.54) is 11.3 Å². The van der Waals surface area contributed by atoms with E-state index in [4.69, 9.17) is 4.74 Å². The average molecular weight is 345 g/mol. The molecular weight excluding hydrogens is 326 g/mol. The van der Waals surface area contributed by atoms with Crippen molar-refractivity contribution < 1.29 is 14.3 Å². The largest absolute Gasteiger partial charge is 0.450 e. The Hall–Kier alpha value is -2.41. The Labute approximate surface area is 144 Å². The summed E-state index contributed by atoms with van der Waals surface area (Å²) < 4.78 is 4.85. The van der Waals surface area contributed by atoms with Gasteiger partial charge in [0.05, 0.1) is 17.7 Å². The smallest absolute Gasteiger partial charge is 0.413 e. The van der Waals surface area contributed by atoms with Crippen LogP contribution in [0.3, 0.4) is 0 Å². The molecule has 0 saturated heterocycles. The van der Waals surface area contributed by atoms with Crippen molar-refractivity contribution in [1.82, 2.24) is 4.98 Å². The maximum absolute atomic E-state index is 12.4. The fraction of sp³-hybridized carbons (Fsp3) is 0.353. The van der Waals surface area contributed by atoms with Crippen LogP contribution in [-0.2, 0) is 14.9 Å². The van der Waals surface area contributed by atoms with Gasteiger partial charge in [-0.05, 0) is 38.5 Å². The zero-order chi connectivity index (χ0) is 17.5. The number of fused-ring (bicyclic) bond motifs is 1. The Bertz CT molecular complexity index is 813. The zero-order valence-electron chi connectivity index (χ0n) is 14.0. The van der Waals surface area contributed by atoms with Crippen LogP contribution in [0.5, 0.6) is 0 Å². The van der Waals surface area contributed by atoms with E-state index in [1.54, 1.807) is 18.9 Å². The van der Waals surface area contributed by atoms with Gasteiger partial charge in [-0.1, -0.05) is 6.07 Å². The van der Waals surface area contributed by atoms with E-state index >= 15 is 0 Å². The third-order valence-electron chi connectivity index (χ3n) is 4.15. The number of benzene rings is 1. The van der Waals surface area contributed by atoms with Crippen molar-refractivity contribution in [2.75, 3.05) is 23.9 Å². The van der Waals surface area contributed by atoms with Crippen LogP contribution in [0.15, 0.2) is 23.6 Å². The maximum atomic E-state index is 12.4. The number of hydrogen-bond donors (Lipinski definition) is 1. The van der Waals surface area contributed by atoms with Crippen LogP contribution >= 0.6 is 11.3 Å². The monoisotopic (exact) mass is 345 g/mol. The minimum atomic E-state index is -0.553. The average Bonchev–Trinajstić information content (AvgIpc) is 3.06. The predicted octanol–water partition coefficient (Wildman–Crippen LogP) is 3.63. The third-order valence-corrected chi connectivity index (χ3v) is 4.91. The normalized spacial score (nSPS) is 15.3. The van der Waals surface area contributed by atoms with Gasteiger partial charge in [0.25, 0.3) is 0 Å². The molecule has 0 atom stereocenters. The predicted molar refractivity (Wildman–Crippen MR) is 94.6 cm³/mol. The number of likely N-dealkylation sites (N-methyl/N-ethyl adjacent to an activating group) is 1. The second-order valence-electron chi connectivity index (χ2n) is 6.10. The second kappa shape index (κ2) is 5.90. The topological polar surface area (TPSA) is 71.5 Å². The highest BCUT2D eigenvalue weighted by Gasteiger charge is 2.42. The molecule has 2 aromatic rings. The molecule has 0 radical (unpaired) electrons. The van der Waals surface area contributed by atoms with Crippen LogP contribution in [0, 0.1) is 0 Å². The van der Waals surface area contributed by atoms with Gasteiger partial charge in [-0.3, -0.25) is 10.1 Å². The number of carbonyl (C=O) groups excluding carboxylic acids is 2. The van der Waals surface area contributed by atoms with Crippen molar-refractivity contribution in [3.8, 4) is 11.3 Å². The lowest BCUT2D eigenvalue weighted by Crippen LogP contribution is -2.33. The SMILES string of the molecule is CCOC(=O)Nc1nc(-c2ccc3c(c2)C(C)(C)C(=O)N3C)cs1. The molecule has 3 rings (SSSR count). The molecule has 1 aromatic carbocycles. The number of anilines is 2. The van der Waals surface area contributed by atoms with E-state index in [2.05, 4.69) is 10.3 Å². The number of carbonyl (C=O) groups is 2. The molecule has 1 N–H and O–H groups in total. The van der Waals surface area contributed by atoms with Gasteiger partial charge in [0.1, 0.15) is 0 Å². The lowest BCUT2D eigenvalue weighted by atomic mass is 9.85. The molecule has 0 fully saturated rings. The molecule has 7 heteroatoms. The van der Waals surface area contributed by atoms with E-state index in [0.717, 1.165) is 22.5 Å². The molecular formula is C17H19N3O3S. The summed E-state index contributed by atoms with van der Waals surface area (Å²) in [4.78, 5) is 29.9. The Morgan fingerprint density at radius 3 is 2.88 bits per heavy atom. The van der Waals surface area contributed by atoms with Crippen molar-refractivity contribution in [2.24, 2.45) is 0 Å². The first kappa shape index (κ1) is 16.4. The lowest BCUT2D eigenvalue weighted by molar-refractivity contribution is -0.121. The molecule has 0 spiro atoms.